The molecule has 0 N–H and O–H groups in total. The van der Waals surface area contributed by atoms with Gasteiger partial charge in [0.25, 0.3) is 0 Å². The van der Waals surface area contributed by atoms with Crippen LogP contribution in [-0.2, 0) is 4.74 Å². The van der Waals surface area contributed by atoms with Crippen molar-refractivity contribution in [1.29, 1.82) is 0 Å². The van der Waals surface area contributed by atoms with Crippen LogP contribution in [0.3, 0.4) is 0 Å². The molecule has 5 nitrogen and oxygen atoms in total. The van der Waals surface area contributed by atoms with E-state index in [1.807, 2.05) is 12.1 Å². The van der Waals surface area contributed by atoms with Crippen LogP contribution in [0.4, 0.5) is 5.69 Å². The molecule has 0 bridgehead atoms. The summed E-state index contributed by atoms with van der Waals surface area (Å²) in [5, 5.41) is 0. The highest BCUT2D eigenvalue weighted by Gasteiger charge is 2.26. The fourth-order valence-electron chi connectivity index (χ4n) is 2.69. The van der Waals surface area contributed by atoms with Gasteiger partial charge in [0, 0.05) is 44.6 Å². The van der Waals surface area contributed by atoms with E-state index >= 15 is 0 Å². The molecule has 2 fully saturated rings. The maximum absolute atomic E-state index is 11.5. The smallest absolute Gasteiger partial charge is 0.356 e. The number of ether oxygens (including phenoxy) is 1. The normalized spacial score (nSPS) is 19.9. The van der Waals surface area contributed by atoms with Crippen LogP contribution in [0.5, 0.6) is 0 Å². The van der Waals surface area contributed by atoms with E-state index in [2.05, 4.69) is 14.8 Å². The zero-order valence-electron chi connectivity index (χ0n) is 11.9. The van der Waals surface area contributed by atoms with Gasteiger partial charge in [0.05, 0.1) is 7.11 Å². The number of hydrogen-bond donors (Lipinski definition) is 0. The average molecular weight is 275 g/mol. The highest BCUT2D eigenvalue weighted by atomic mass is 16.5. The van der Waals surface area contributed by atoms with E-state index in [4.69, 9.17) is 4.74 Å². The standard InChI is InChI=1S/C15H21N3O2/c1-20-15(19)14-10-13(4-5-16-14)18-8-6-17(7-9-18)11-12-2-3-12/h4-5,10,12H,2-3,6-9,11H2,1H3. The first-order valence-electron chi connectivity index (χ1n) is 7.28. The summed E-state index contributed by atoms with van der Waals surface area (Å²) < 4.78 is 4.72. The summed E-state index contributed by atoms with van der Waals surface area (Å²) in [6, 6.07) is 3.78. The van der Waals surface area contributed by atoms with Crippen molar-refractivity contribution in [3.8, 4) is 0 Å². The fraction of sp³-hybridized carbons (Fsp3) is 0.600. The lowest BCUT2D eigenvalue weighted by Crippen LogP contribution is -2.47. The third-order valence-electron chi connectivity index (χ3n) is 4.09. The zero-order chi connectivity index (χ0) is 13.9. The third kappa shape index (κ3) is 3.10. The molecule has 0 unspecified atom stereocenters. The van der Waals surface area contributed by atoms with E-state index < -0.39 is 0 Å². The van der Waals surface area contributed by atoms with E-state index in [1.54, 1.807) is 6.20 Å². The molecule has 0 atom stereocenters. The molecule has 0 spiro atoms. The fourth-order valence-corrected chi connectivity index (χ4v) is 2.69. The number of aromatic nitrogens is 1. The van der Waals surface area contributed by atoms with Crippen LogP contribution in [-0.4, -0.2) is 55.7 Å². The second-order valence-corrected chi connectivity index (χ2v) is 5.62. The molecule has 0 amide bonds. The van der Waals surface area contributed by atoms with Crippen LogP contribution in [0, 0.1) is 5.92 Å². The Bertz CT molecular complexity index is 480. The number of rotatable bonds is 4. The van der Waals surface area contributed by atoms with Crippen molar-refractivity contribution in [3.05, 3.63) is 24.0 Å². The minimum Gasteiger partial charge on any atom is -0.464 e. The van der Waals surface area contributed by atoms with Crippen molar-refractivity contribution in [1.82, 2.24) is 9.88 Å². The van der Waals surface area contributed by atoms with Gasteiger partial charge in [-0.25, -0.2) is 9.78 Å². The third-order valence-corrected chi connectivity index (χ3v) is 4.09. The first kappa shape index (κ1) is 13.4. The molecular weight excluding hydrogens is 254 g/mol. The lowest BCUT2D eigenvalue weighted by atomic mass is 10.2. The van der Waals surface area contributed by atoms with Crippen LogP contribution in [0.1, 0.15) is 23.3 Å². The first-order chi connectivity index (χ1) is 9.76. The summed E-state index contributed by atoms with van der Waals surface area (Å²) in [5.74, 6) is 0.577. The second-order valence-electron chi connectivity index (χ2n) is 5.62. The van der Waals surface area contributed by atoms with E-state index in [0.29, 0.717) is 5.69 Å². The Hall–Kier alpha value is -1.62. The molecule has 3 rings (SSSR count). The molecule has 20 heavy (non-hydrogen) atoms. The Balaban J connectivity index is 1.60. The highest BCUT2D eigenvalue weighted by molar-refractivity contribution is 5.88. The van der Waals surface area contributed by atoms with E-state index in [9.17, 15) is 4.79 Å². The van der Waals surface area contributed by atoms with Gasteiger partial charge in [0.2, 0.25) is 0 Å². The Kier molecular flexibility index (Phi) is 3.87. The number of hydrogen-bond acceptors (Lipinski definition) is 5. The van der Waals surface area contributed by atoms with Gasteiger partial charge in [0.1, 0.15) is 5.69 Å². The molecule has 1 saturated carbocycles. The summed E-state index contributed by atoms with van der Waals surface area (Å²) in [6.45, 7) is 5.49. The number of nitrogens with zero attached hydrogens (tertiary/aromatic N) is 3. The number of piperazine rings is 1. The first-order valence-corrected chi connectivity index (χ1v) is 7.28. The van der Waals surface area contributed by atoms with Gasteiger partial charge in [-0.2, -0.15) is 0 Å². The summed E-state index contributed by atoms with van der Waals surface area (Å²) in [7, 11) is 1.38. The highest BCUT2D eigenvalue weighted by Crippen LogP contribution is 2.30. The molecule has 108 valence electrons. The van der Waals surface area contributed by atoms with Crippen molar-refractivity contribution < 1.29 is 9.53 Å². The van der Waals surface area contributed by atoms with Crippen LogP contribution in [0.15, 0.2) is 18.3 Å². The minimum absolute atomic E-state index is 0.376. The number of carbonyl (C=O) groups is 1. The maximum Gasteiger partial charge on any atom is 0.356 e. The van der Waals surface area contributed by atoms with Gasteiger partial charge in [-0.3, -0.25) is 4.90 Å². The maximum atomic E-state index is 11.5. The number of esters is 1. The summed E-state index contributed by atoms with van der Waals surface area (Å²) in [4.78, 5) is 20.4. The lowest BCUT2D eigenvalue weighted by Gasteiger charge is -2.36. The predicted octanol–water partition coefficient (Wildman–Crippen LogP) is 1.40. The van der Waals surface area contributed by atoms with Gasteiger partial charge >= 0.3 is 5.97 Å². The van der Waals surface area contributed by atoms with Crippen LogP contribution in [0.2, 0.25) is 0 Å². The number of carbonyl (C=O) groups excluding carboxylic acids is 1. The minimum atomic E-state index is -0.376. The molecule has 1 aromatic rings. The molecule has 0 aromatic carbocycles. The van der Waals surface area contributed by atoms with Crippen LogP contribution in [0.25, 0.3) is 0 Å². The Labute approximate surface area is 119 Å². The van der Waals surface area contributed by atoms with Crippen molar-refractivity contribution >= 4 is 11.7 Å². The zero-order valence-corrected chi connectivity index (χ0v) is 11.9. The van der Waals surface area contributed by atoms with Gasteiger partial charge in [-0.1, -0.05) is 0 Å². The molecule has 1 saturated heterocycles. The van der Waals surface area contributed by atoms with Gasteiger partial charge in [-0.15, -0.1) is 0 Å². The van der Waals surface area contributed by atoms with E-state index in [-0.39, 0.29) is 5.97 Å². The molecule has 0 radical (unpaired) electrons. The van der Waals surface area contributed by atoms with Crippen molar-refractivity contribution in [3.63, 3.8) is 0 Å². The predicted molar refractivity (Wildman–Crippen MR) is 77.0 cm³/mol. The molecular formula is C15H21N3O2. The van der Waals surface area contributed by atoms with E-state index in [1.165, 1.54) is 26.5 Å². The Morgan fingerprint density at radius 3 is 2.75 bits per heavy atom. The number of pyridine rings is 1. The summed E-state index contributed by atoms with van der Waals surface area (Å²) >= 11 is 0. The number of methoxy groups -OCH3 is 1. The molecule has 2 aliphatic rings. The monoisotopic (exact) mass is 275 g/mol. The Morgan fingerprint density at radius 2 is 2.10 bits per heavy atom. The SMILES string of the molecule is COC(=O)c1cc(N2CCN(CC3CC3)CC2)ccn1. The lowest BCUT2D eigenvalue weighted by molar-refractivity contribution is 0.0594. The van der Waals surface area contributed by atoms with Gasteiger partial charge in [-0.05, 0) is 30.9 Å². The Morgan fingerprint density at radius 1 is 1.35 bits per heavy atom. The van der Waals surface area contributed by atoms with Crippen LogP contribution >= 0.6 is 0 Å². The summed E-state index contributed by atoms with van der Waals surface area (Å²) in [5.41, 5.74) is 1.44. The van der Waals surface area contributed by atoms with Crippen molar-refractivity contribution in [2.75, 3.05) is 44.7 Å². The van der Waals surface area contributed by atoms with E-state index in [0.717, 1.165) is 37.8 Å². The molecule has 1 aliphatic heterocycles. The van der Waals surface area contributed by atoms with Gasteiger partial charge < -0.3 is 9.64 Å². The topological polar surface area (TPSA) is 45.7 Å². The summed E-state index contributed by atoms with van der Waals surface area (Å²) in [6.07, 6.45) is 4.50. The molecule has 2 heterocycles. The van der Waals surface area contributed by atoms with Crippen molar-refractivity contribution in [2.24, 2.45) is 5.92 Å². The van der Waals surface area contributed by atoms with Crippen LogP contribution < -0.4 is 4.90 Å². The largest absolute Gasteiger partial charge is 0.464 e. The van der Waals surface area contributed by atoms with Crippen molar-refractivity contribution in [2.45, 2.75) is 12.8 Å². The molecule has 5 heteroatoms. The number of anilines is 1. The average Bonchev–Trinajstić information content (AvgIpc) is 3.31. The molecule has 1 aromatic heterocycles. The molecule has 1 aliphatic carbocycles. The second kappa shape index (κ2) is 5.79. The quantitative estimate of drug-likeness (QED) is 0.777. The van der Waals surface area contributed by atoms with Gasteiger partial charge in [0.15, 0.2) is 0 Å².